The first-order chi connectivity index (χ1) is 9.74. The van der Waals surface area contributed by atoms with Crippen molar-refractivity contribution in [3.63, 3.8) is 0 Å². The molecule has 1 amide bonds. The summed E-state index contributed by atoms with van der Waals surface area (Å²) >= 11 is 0. The van der Waals surface area contributed by atoms with Crippen LogP contribution in [-0.2, 0) is 6.42 Å². The molecule has 0 unspecified atom stereocenters. The second-order valence-electron chi connectivity index (χ2n) is 4.48. The highest BCUT2D eigenvalue weighted by Gasteiger charge is 2.10. The summed E-state index contributed by atoms with van der Waals surface area (Å²) in [4.78, 5) is 19.3. The van der Waals surface area contributed by atoms with Gasteiger partial charge in [-0.3, -0.25) is 4.79 Å². The zero-order valence-corrected chi connectivity index (χ0v) is 11.0. The molecule has 2 heterocycles. The molecule has 0 aliphatic heterocycles. The quantitative estimate of drug-likeness (QED) is 0.757. The van der Waals surface area contributed by atoms with Crippen LogP contribution in [0.15, 0.2) is 35.0 Å². The fourth-order valence-corrected chi connectivity index (χ4v) is 2.11. The topological polar surface area (TPSA) is 83.8 Å². The van der Waals surface area contributed by atoms with Crippen molar-refractivity contribution in [3.05, 3.63) is 47.7 Å². The number of aryl methyl sites for hydroxylation is 1. The van der Waals surface area contributed by atoms with Gasteiger partial charge in [0.25, 0.3) is 5.91 Å². The van der Waals surface area contributed by atoms with Gasteiger partial charge in [-0.1, -0.05) is 11.2 Å². The van der Waals surface area contributed by atoms with Gasteiger partial charge in [0.2, 0.25) is 5.89 Å². The van der Waals surface area contributed by atoms with E-state index in [1.165, 1.54) is 0 Å². The standard InChI is InChI=1S/C14H14N4O2/c1-9-17-13(18-20-9)6-8-16-14(19)11-3-2-4-12-10(11)5-7-15-12/h2-5,7,15H,6,8H2,1H3,(H,16,19). The fraction of sp³-hybridized carbons (Fsp3) is 0.214. The number of nitrogens with zero attached hydrogens (tertiary/aromatic N) is 2. The average Bonchev–Trinajstić information content (AvgIpc) is 3.06. The van der Waals surface area contributed by atoms with Crippen LogP contribution < -0.4 is 5.32 Å². The lowest BCUT2D eigenvalue weighted by molar-refractivity contribution is 0.0955. The Hall–Kier alpha value is -2.63. The Kier molecular flexibility index (Phi) is 3.20. The van der Waals surface area contributed by atoms with E-state index < -0.39 is 0 Å². The minimum absolute atomic E-state index is 0.101. The number of carbonyl (C=O) groups is 1. The molecule has 2 aromatic heterocycles. The number of rotatable bonds is 4. The van der Waals surface area contributed by atoms with Gasteiger partial charge in [0.15, 0.2) is 5.82 Å². The number of hydrogen-bond acceptors (Lipinski definition) is 4. The molecule has 0 aliphatic carbocycles. The van der Waals surface area contributed by atoms with E-state index in [9.17, 15) is 4.79 Å². The lowest BCUT2D eigenvalue weighted by Gasteiger charge is -2.04. The number of fused-ring (bicyclic) bond motifs is 1. The minimum Gasteiger partial charge on any atom is -0.361 e. The number of amides is 1. The van der Waals surface area contributed by atoms with Crippen molar-refractivity contribution in [2.24, 2.45) is 0 Å². The number of aromatic amines is 1. The smallest absolute Gasteiger partial charge is 0.251 e. The van der Waals surface area contributed by atoms with Crippen molar-refractivity contribution < 1.29 is 9.32 Å². The van der Waals surface area contributed by atoms with Crippen LogP contribution >= 0.6 is 0 Å². The van der Waals surface area contributed by atoms with Gasteiger partial charge >= 0.3 is 0 Å². The number of carbonyl (C=O) groups excluding carboxylic acids is 1. The second kappa shape index (κ2) is 5.16. The first-order valence-electron chi connectivity index (χ1n) is 6.37. The molecular weight excluding hydrogens is 256 g/mol. The van der Waals surface area contributed by atoms with E-state index in [1.54, 1.807) is 6.92 Å². The summed E-state index contributed by atoms with van der Waals surface area (Å²) in [6.07, 6.45) is 2.37. The molecule has 20 heavy (non-hydrogen) atoms. The van der Waals surface area contributed by atoms with E-state index in [2.05, 4.69) is 20.4 Å². The normalized spacial score (nSPS) is 10.8. The van der Waals surface area contributed by atoms with Gasteiger partial charge in [-0.15, -0.1) is 0 Å². The SMILES string of the molecule is Cc1nc(CCNC(=O)c2cccc3[nH]ccc23)no1. The predicted molar refractivity (Wildman–Crippen MR) is 73.4 cm³/mol. The molecule has 6 nitrogen and oxygen atoms in total. The molecule has 0 spiro atoms. The first kappa shape index (κ1) is 12.4. The van der Waals surface area contributed by atoms with Gasteiger partial charge < -0.3 is 14.8 Å². The van der Waals surface area contributed by atoms with Gasteiger partial charge in [-0.2, -0.15) is 4.98 Å². The van der Waals surface area contributed by atoms with Crippen molar-refractivity contribution in [1.29, 1.82) is 0 Å². The van der Waals surface area contributed by atoms with Crippen LogP contribution in [0.2, 0.25) is 0 Å². The van der Waals surface area contributed by atoms with E-state index in [0.717, 1.165) is 10.9 Å². The molecule has 0 fully saturated rings. The highest BCUT2D eigenvalue weighted by atomic mass is 16.5. The number of nitrogens with one attached hydrogen (secondary N) is 2. The van der Waals surface area contributed by atoms with Crippen LogP contribution in [-0.4, -0.2) is 27.6 Å². The lowest BCUT2D eigenvalue weighted by Crippen LogP contribution is -2.26. The number of hydrogen-bond donors (Lipinski definition) is 2. The van der Waals surface area contributed by atoms with Crippen molar-refractivity contribution in [2.75, 3.05) is 6.54 Å². The molecule has 3 aromatic rings. The van der Waals surface area contributed by atoms with Gasteiger partial charge in [-0.25, -0.2) is 0 Å². The minimum atomic E-state index is -0.101. The molecule has 1 aromatic carbocycles. The Labute approximate surface area is 115 Å². The highest BCUT2D eigenvalue weighted by Crippen LogP contribution is 2.17. The third-order valence-corrected chi connectivity index (χ3v) is 3.04. The first-order valence-corrected chi connectivity index (χ1v) is 6.37. The van der Waals surface area contributed by atoms with E-state index in [-0.39, 0.29) is 5.91 Å². The van der Waals surface area contributed by atoms with Gasteiger partial charge in [-0.05, 0) is 18.2 Å². The maximum atomic E-state index is 12.2. The summed E-state index contributed by atoms with van der Waals surface area (Å²) in [7, 11) is 0. The Bertz CT molecular complexity index is 744. The highest BCUT2D eigenvalue weighted by molar-refractivity contribution is 6.06. The fourth-order valence-electron chi connectivity index (χ4n) is 2.11. The Morgan fingerprint density at radius 1 is 1.40 bits per heavy atom. The third-order valence-electron chi connectivity index (χ3n) is 3.04. The maximum absolute atomic E-state index is 12.2. The van der Waals surface area contributed by atoms with E-state index in [1.807, 2.05) is 30.5 Å². The van der Waals surface area contributed by atoms with Gasteiger partial charge in [0.1, 0.15) is 0 Å². The third kappa shape index (κ3) is 2.40. The molecule has 0 saturated heterocycles. The van der Waals surface area contributed by atoms with Crippen LogP contribution in [0.4, 0.5) is 0 Å². The van der Waals surface area contributed by atoms with Crippen LogP contribution in [0.3, 0.4) is 0 Å². The summed E-state index contributed by atoms with van der Waals surface area (Å²) in [6, 6.07) is 7.50. The predicted octanol–water partition coefficient (Wildman–Crippen LogP) is 1.83. The van der Waals surface area contributed by atoms with Crippen LogP contribution in [0.5, 0.6) is 0 Å². The van der Waals surface area contributed by atoms with Crippen LogP contribution in [0, 0.1) is 6.92 Å². The molecule has 6 heteroatoms. The summed E-state index contributed by atoms with van der Waals surface area (Å²) in [6.45, 7) is 2.21. The lowest BCUT2D eigenvalue weighted by atomic mass is 10.1. The molecule has 0 saturated carbocycles. The molecule has 2 N–H and O–H groups in total. The summed E-state index contributed by atoms with van der Waals surface area (Å²) in [5, 5.41) is 7.57. The van der Waals surface area contributed by atoms with Crippen molar-refractivity contribution >= 4 is 16.8 Å². The molecule has 0 aliphatic rings. The van der Waals surface area contributed by atoms with Gasteiger partial charge in [0, 0.05) is 42.6 Å². The summed E-state index contributed by atoms with van der Waals surface area (Å²) < 4.78 is 4.88. The average molecular weight is 270 g/mol. The Morgan fingerprint density at radius 3 is 3.10 bits per heavy atom. The largest absolute Gasteiger partial charge is 0.361 e. The molecule has 0 radical (unpaired) electrons. The molecule has 3 rings (SSSR count). The number of H-pyrrole nitrogens is 1. The molecule has 102 valence electrons. The van der Waals surface area contributed by atoms with Crippen molar-refractivity contribution in [3.8, 4) is 0 Å². The van der Waals surface area contributed by atoms with E-state index >= 15 is 0 Å². The van der Waals surface area contributed by atoms with Crippen molar-refractivity contribution in [1.82, 2.24) is 20.4 Å². The number of benzene rings is 1. The zero-order valence-electron chi connectivity index (χ0n) is 11.0. The molecule has 0 bridgehead atoms. The monoisotopic (exact) mass is 270 g/mol. The van der Waals surface area contributed by atoms with Gasteiger partial charge in [0.05, 0.1) is 0 Å². The molecular formula is C14H14N4O2. The summed E-state index contributed by atoms with van der Waals surface area (Å²) in [5.74, 6) is 1.03. The second-order valence-corrected chi connectivity index (χ2v) is 4.48. The van der Waals surface area contributed by atoms with Crippen LogP contribution in [0.25, 0.3) is 10.9 Å². The Morgan fingerprint density at radius 2 is 2.30 bits per heavy atom. The van der Waals surface area contributed by atoms with Crippen molar-refractivity contribution in [2.45, 2.75) is 13.3 Å². The zero-order chi connectivity index (χ0) is 13.9. The summed E-state index contributed by atoms with van der Waals surface area (Å²) in [5.41, 5.74) is 1.61. The van der Waals surface area contributed by atoms with E-state index in [0.29, 0.717) is 30.2 Å². The number of aromatic nitrogens is 3. The van der Waals surface area contributed by atoms with E-state index in [4.69, 9.17) is 4.52 Å². The Balaban J connectivity index is 1.66. The maximum Gasteiger partial charge on any atom is 0.251 e. The van der Waals surface area contributed by atoms with Crippen LogP contribution in [0.1, 0.15) is 22.1 Å². The molecule has 0 atom stereocenters.